The topological polar surface area (TPSA) is 79.8 Å². The maximum absolute atomic E-state index is 14.3. The fraction of sp³-hybridized carbons (Fsp3) is 0.174. The van der Waals surface area contributed by atoms with Crippen LogP contribution in [0.4, 0.5) is 8.78 Å². The van der Waals surface area contributed by atoms with E-state index in [1.54, 1.807) is 19.2 Å². The summed E-state index contributed by atoms with van der Waals surface area (Å²) in [6.45, 7) is 0. The van der Waals surface area contributed by atoms with Crippen molar-refractivity contribution in [3.63, 3.8) is 0 Å². The highest BCUT2D eigenvalue weighted by Gasteiger charge is 2.33. The van der Waals surface area contributed by atoms with E-state index < -0.39 is 32.6 Å². The molecule has 2 N–H and O–H groups in total. The molecule has 6 nitrogen and oxygen atoms in total. The maximum atomic E-state index is 14.3. The molecule has 0 fully saturated rings. The van der Waals surface area contributed by atoms with Crippen LogP contribution in [-0.2, 0) is 10.0 Å². The number of sulfonamides is 1. The molecule has 0 aliphatic carbocycles. The zero-order valence-corrected chi connectivity index (χ0v) is 20.1. The Kier molecular flexibility index (Phi) is 7.09. The Balaban J connectivity index is 1.67. The van der Waals surface area contributed by atoms with Gasteiger partial charge in [-0.05, 0) is 47.5 Å². The zero-order valence-electron chi connectivity index (χ0n) is 17.7. The molecule has 1 aliphatic heterocycles. The van der Waals surface area contributed by atoms with Crippen molar-refractivity contribution in [2.45, 2.75) is 23.4 Å². The van der Waals surface area contributed by atoms with Crippen LogP contribution in [-0.4, -0.2) is 21.2 Å². The van der Waals surface area contributed by atoms with E-state index in [1.165, 1.54) is 6.07 Å². The average molecular weight is 526 g/mol. The van der Waals surface area contributed by atoms with Gasteiger partial charge >= 0.3 is 0 Å². The molecule has 0 radical (unpaired) electrons. The summed E-state index contributed by atoms with van der Waals surface area (Å²) < 4.78 is 61.4. The molecule has 1 heterocycles. The van der Waals surface area contributed by atoms with Crippen LogP contribution in [0.15, 0.2) is 70.7 Å². The van der Waals surface area contributed by atoms with Crippen LogP contribution in [0, 0.1) is 11.6 Å². The Morgan fingerprint density at radius 2 is 1.82 bits per heavy atom. The van der Waals surface area contributed by atoms with Crippen LogP contribution in [0.5, 0.6) is 5.75 Å². The summed E-state index contributed by atoms with van der Waals surface area (Å²) in [5.41, 5.74) is 4.73. The van der Waals surface area contributed by atoms with Crippen LogP contribution in [0.1, 0.15) is 29.6 Å². The van der Waals surface area contributed by atoms with Gasteiger partial charge in [-0.1, -0.05) is 41.4 Å². The lowest BCUT2D eigenvalue weighted by molar-refractivity contribution is 0.414. The van der Waals surface area contributed by atoms with Crippen molar-refractivity contribution < 1.29 is 21.9 Å². The minimum absolute atomic E-state index is 0.204. The molecule has 3 aromatic rings. The van der Waals surface area contributed by atoms with Gasteiger partial charge in [-0.25, -0.2) is 17.2 Å². The third-order valence-corrected chi connectivity index (χ3v) is 7.38. The minimum Gasteiger partial charge on any atom is -0.497 e. The third kappa shape index (κ3) is 5.17. The van der Waals surface area contributed by atoms with E-state index in [2.05, 4.69) is 15.2 Å². The molecular weight excluding hydrogens is 507 g/mol. The summed E-state index contributed by atoms with van der Waals surface area (Å²) in [5.74, 6) is -1.40. The number of ether oxygens (including phenoxy) is 1. The number of hydrogen-bond acceptors (Lipinski definition) is 5. The summed E-state index contributed by atoms with van der Waals surface area (Å²) in [6, 6.07) is 12.9. The van der Waals surface area contributed by atoms with Crippen LogP contribution in [0.2, 0.25) is 10.0 Å². The summed E-state index contributed by atoms with van der Waals surface area (Å²) in [6.07, 6.45) is 0.338. The number of hydrazone groups is 1. The number of halogens is 4. The highest BCUT2D eigenvalue weighted by Crippen LogP contribution is 2.34. The summed E-state index contributed by atoms with van der Waals surface area (Å²) in [7, 11) is -2.85. The first-order chi connectivity index (χ1) is 16.2. The van der Waals surface area contributed by atoms with Gasteiger partial charge in [0.15, 0.2) is 0 Å². The molecule has 11 heteroatoms. The van der Waals surface area contributed by atoms with Crippen molar-refractivity contribution in [1.82, 2.24) is 10.1 Å². The first kappa shape index (κ1) is 24.4. The van der Waals surface area contributed by atoms with E-state index >= 15 is 0 Å². The minimum atomic E-state index is -4.42. The highest BCUT2D eigenvalue weighted by molar-refractivity contribution is 7.89. The van der Waals surface area contributed by atoms with Gasteiger partial charge in [-0.3, -0.25) is 0 Å². The van der Waals surface area contributed by atoms with E-state index in [0.29, 0.717) is 34.5 Å². The lowest BCUT2D eigenvalue weighted by Gasteiger charge is -2.21. The monoisotopic (exact) mass is 525 g/mol. The van der Waals surface area contributed by atoms with Gasteiger partial charge in [0.05, 0.1) is 24.9 Å². The highest BCUT2D eigenvalue weighted by atomic mass is 35.5. The molecule has 178 valence electrons. The number of rotatable bonds is 7. The number of benzene rings is 3. The fourth-order valence-electron chi connectivity index (χ4n) is 3.63. The summed E-state index contributed by atoms with van der Waals surface area (Å²) in [5, 5.41) is 4.92. The predicted octanol–water partition coefficient (Wildman–Crippen LogP) is 5.39. The Labute approximate surface area is 205 Å². The molecular formula is C23H19Cl2F2N3O3S. The second-order valence-electron chi connectivity index (χ2n) is 7.56. The molecule has 0 spiro atoms. The Morgan fingerprint density at radius 1 is 1.09 bits per heavy atom. The van der Waals surface area contributed by atoms with Gasteiger partial charge < -0.3 is 10.2 Å². The van der Waals surface area contributed by atoms with Gasteiger partial charge in [0.1, 0.15) is 22.3 Å². The normalized spacial score (nSPS) is 16.6. The van der Waals surface area contributed by atoms with E-state index in [0.717, 1.165) is 17.7 Å². The van der Waals surface area contributed by atoms with E-state index in [1.807, 2.05) is 24.3 Å². The van der Waals surface area contributed by atoms with E-state index in [9.17, 15) is 17.2 Å². The zero-order chi connectivity index (χ0) is 24.5. The average Bonchev–Trinajstić information content (AvgIpc) is 3.28. The standard InChI is InChI=1S/C23H19Cl2F2N3O3S/c1-33-16-6-2-13(3-7-16)20-12-21(29-28-20)23(17-8-4-14(24)10-18(17)25)30-34(31,32)22-9-5-15(26)11-19(22)27/h2-11,20,23,28,30H,12H2,1H3. The SMILES string of the molecule is COc1ccc(C2CC(C(NS(=O)(=O)c3ccc(F)cc3F)c3ccc(Cl)cc3Cl)=NN2)cc1. The Morgan fingerprint density at radius 3 is 2.47 bits per heavy atom. The second-order valence-corrected chi connectivity index (χ2v) is 10.1. The summed E-state index contributed by atoms with van der Waals surface area (Å²) in [4.78, 5) is -0.692. The van der Waals surface area contributed by atoms with Gasteiger partial charge in [0.2, 0.25) is 10.0 Å². The maximum Gasteiger partial charge on any atom is 0.244 e. The first-order valence-corrected chi connectivity index (χ1v) is 12.3. The quantitative estimate of drug-likeness (QED) is 0.433. The van der Waals surface area contributed by atoms with Crippen LogP contribution >= 0.6 is 23.2 Å². The van der Waals surface area contributed by atoms with Crippen molar-refractivity contribution in [2.24, 2.45) is 5.10 Å². The fourth-order valence-corrected chi connectivity index (χ4v) is 5.41. The number of nitrogens with zero attached hydrogens (tertiary/aromatic N) is 1. The van der Waals surface area contributed by atoms with Crippen molar-refractivity contribution in [2.75, 3.05) is 7.11 Å². The first-order valence-electron chi connectivity index (χ1n) is 10.1. The van der Waals surface area contributed by atoms with Crippen molar-refractivity contribution in [1.29, 1.82) is 0 Å². The molecule has 34 heavy (non-hydrogen) atoms. The summed E-state index contributed by atoms with van der Waals surface area (Å²) >= 11 is 12.4. The van der Waals surface area contributed by atoms with Crippen molar-refractivity contribution >= 4 is 38.9 Å². The number of hydrogen-bond donors (Lipinski definition) is 2. The molecule has 3 aromatic carbocycles. The molecule has 0 bridgehead atoms. The van der Waals surface area contributed by atoms with Crippen LogP contribution in [0.25, 0.3) is 0 Å². The smallest absolute Gasteiger partial charge is 0.244 e. The van der Waals surface area contributed by atoms with Crippen LogP contribution in [0.3, 0.4) is 0 Å². The van der Waals surface area contributed by atoms with E-state index in [-0.39, 0.29) is 11.1 Å². The van der Waals surface area contributed by atoms with Crippen molar-refractivity contribution in [3.8, 4) is 5.75 Å². The lowest BCUT2D eigenvalue weighted by atomic mass is 9.96. The molecule has 0 amide bonds. The molecule has 1 aliphatic rings. The Bertz CT molecular complexity index is 1350. The van der Waals surface area contributed by atoms with Gasteiger partial charge in [-0.2, -0.15) is 9.82 Å². The molecule has 0 aromatic heterocycles. The van der Waals surface area contributed by atoms with Gasteiger partial charge in [0, 0.05) is 22.5 Å². The van der Waals surface area contributed by atoms with E-state index in [4.69, 9.17) is 27.9 Å². The Hall–Kier alpha value is -2.72. The molecule has 4 rings (SSSR count). The number of methoxy groups -OCH3 is 1. The molecule has 0 saturated heterocycles. The second kappa shape index (κ2) is 9.87. The van der Waals surface area contributed by atoms with Gasteiger partial charge in [0.25, 0.3) is 0 Å². The number of nitrogens with one attached hydrogen (secondary N) is 2. The lowest BCUT2D eigenvalue weighted by Crippen LogP contribution is -2.34. The van der Waals surface area contributed by atoms with Crippen molar-refractivity contribution in [3.05, 3.63) is 93.5 Å². The van der Waals surface area contributed by atoms with Crippen LogP contribution < -0.4 is 14.9 Å². The largest absolute Gasteiger partial charge is 0.497 e. The van der Waals surface area contributed by atoms with Gasteiger partial charge in [-0.15, -0.1) is 0 Å². The molecule has 2 unspecified atom stereocenters. The molecule has 2 atom stereocenters. The third-order valence-electron chi connectivity index (χ3n) is 5.36. The predicted molar refractivity (Wildman–Crippen MR) is 127 cm³/mol. The molecule has 0 saturated carbocycles.